The van der Waals surface area contributed by atoms with Crippen LogP contribution in [-0.4, -0.2) is 80.5 Å². The number of nitrogens with zero attached hydrogens (tertiary/aromatic N) is 4. The van der Waals surface area contributed by atoms with E-state index in [-0.39, 0.29) is 6.10 Å². The number of ether oxygens (including phenoxy) is 3. The second-order valence-electron chi connectivity index (χ2n) is 10.3. The van der Waals surface area contributed by atoms with E-state index < -0.39 is 0 Å². The highest BCUT2D eigenvalue weighted by Crippen LogP contribution is 2.42. The quantitative estimate of drug-likeness (QED) is 0.302. The molecule has 0 spiro atoms. The molecule has 2 aliphatic rings. The van der Waals surface area contributed by atoms with Crippen LogP contribution < -0.4 is 14.8 Å². The van der Waals surface area contributed by atoms with Gasteiger partial charge in [-0.15, -0.1) is 0 Å². The molecule has 0 saturated carbocycles. The smallest absolute Gasteiger partial charge is 0.158 e. The third kappa shape index (κ3) is 5.67. The van der Waals surface area contributed by atoms with Gasteiger partial charge in [-0.05, 0) is 25.2 Å². The normalized spacial score (nSPS) is 17.2. The fourth-order valence-corrected chi connectivity index (χ4v) is 5.44. The molecule has 2 aliphatic heterocycles. The number of hydrogen-bond acceptors (Lipinski definition) is 9. The van der Waals surface area contributed by atoms with E-state index in [2.05, 4.69) is 33.2 Å². The summed E-state index contributed by atoms with van der Waals surface area (Å²) in [5, 5.41) is 15.5. The molecule has 9 nitrogen and oxygen atoms in total. The summed E-state index contributed by atoms with van der Waals surface area (Å²) in [4.78, 5) is 9.39. The van der Waals surface area contributed by atoms with Crippen molar-refractivity contribution in [2.24, 2.45) is 0 Å². The number of hydrogen-bond donors (Lipinski definition) is 1. The van der Waals surface area contributed by atoms with Crippen LogP contribution >= 0.6 is 11.6 Å². The Bertz CT molecular complexity index is 1540. The number of nitrogens with one attached hydrogen (secondary N) is 1. The van der Waals surface area contributed by atoms with Gasteiger partial charge >= 0.3 is 0 Å². The van der Waals surface area contributed by atoms with Crippen LogP contribution in [0, 0.1) is 11.3 Å². The summed E-state index contributed by atoms with van der Waals surface area (Å²) < 4.78 is 24.1. The minimum absolute atomic E-state index is 0.0202. The van der Waals surface area contributed by atoms with Gasteiger partial charge in [-0.1, -0.05) is 11.6 Å². The van der Waals surface area contributed by atoms with Crippen LogP contribution in [0.5, 0.6) is 11.5 Å². The Morgan fingerprint density at radius 3 is 2.75 bits per heavy atom. The molecule has 6 rings (SSSR count). The first-order valence-electron chi connectivity index (χ1n) is 13.7. The van der Waals surface area contributed by atoms with Gasteiger partial charge < -0.3 is 28.8 Å². The molecule has 4 aromatic rings. The van der Waals surface area contributed by atoms with Gasteiger partial charge in [-0.2, -0.15) is 5.26 Å². The summed E-state index contributed by atoms with van der Waals surface area (Å²) >= 11 is 6.61. The molecule has 208 valence electrons. The predicted octanol–water partition coefficient (Wildman–Crippen LogP) is 5.43. The third-order valence-corrected chi connectivity index (χ3v) is 7.90. The fourth-order valence-electron chi connectivity index (χ4n) is 5.24. The Balaban J connectivity index is 1.37. The largest absolute Gasteiger partial charge is 0.492 e. The fraction of sp³-hybridized carbons (Fsp3) is 0.400. The van der Waals surface area contributed by atoms with Crippen molar-refractivity contribution in [3.8, 4) is 17.6 Å². The van der Waals surface area contributed by atoms with E-state index in [9.17, 15) is 5.26 Å². The van der Waals surface area contributed by atoms with Crippen molar-refractivity contribution >= 4 is 44.8 Å². The maximum Gasteiger partial charge on any atom is 0.158 e. The van der Waals surface area contributed by atoms with Gasteiger partial charge in [0.2, 0.25) is 0 Å². The van der Waals surface area contributed by atoms with E-state index in [1.54, 1.807) is 12.5 Å². The number of piperazine rings is 1. The Morgan fingerprint density at radius 1 is 1.12 bits per heavy atom. The Hall–Kier alpha value is -3.55. The van der Waals surface area contributed by atoms with Gasteiger partial charge in [-0.25, -0.2) is 0 Å². The number of likely N-dealkylation sites (N-methyl/N-ethyl adjacent to an activating group) is 1. The van der Waals surface area contributed by atoms with E-state index in [0.29, 0.717) is 69.8 Å². The molecule has 0 unspecified atom stereocenters. The second kappa shape index (κ2) is 11.9. The van der Waals surface area contributed by atoms with Gasteiger partial charge in [0.25, 0.3) is 0 Å². The first-order valence-corrected chi connectivity index (χ1v) is 14.0. The van der Waals surface area contributed by atoms with Crippen molar-refractivity contribution in [1.82, 2.24) is 14.8 Å². The highest BCUT2D eigenvalue weighted by atomic mass is 35.5. The van der Waals surface area contributed by atoms with Gasteiger partial charge in [0.05, 0.1) is 46.7 Å². The van der Waals surface area contributed by atoms with Crippen molar-refractivity contribution in [3.63, 3.8) is 0 Å². The average molecular weight is 562 g/mol. The lowest BCUT2D eigenvalue weighted by molar-refractivity contribution is 0.0261. The molecule has 0 radical (unpaired) electrons. The Labute approximate surface area is 238 Å². The van der Waals surface area contributed by atoms with Crippen LogP contribution in [0.25, 0.3) is 21.9 Å². The van der Waals surface area contributed by atoms with Crippen molar-refractivity contribution in [3.05, 3.63) is 53.4 Å². The van der Waals surface area contributed by atoms with Crippen molar-refractivity contribution in [1.29, 1.82) is 5.26 Å². The average Bonchev–Trinajstić information content (AvgIpc) is 3.45. The Kier molecular flexibility index (Phi) is 7.93. The highest BCUT2D eigenvalue weighted by Gasteiger charge is 2.23. The summed E-state index contributed by atoms with van der Waals surface area (Å²) in [5.74, 6) is 1.28. The van der Waals surface area contributed by atoms with Crippen LogP contribution in [0.4, 0.5) is 11.4 Å². The van der Waals surface area contributed by atoms with Gasteiger partial charge in [0.1, 0.15) is 36.0 Å². The molecule has 0 bridgehead atoms. The molecular weight excluding hydrogens is 530 g/mol. The Morgan fingerprint density at radius 2 is 1.95 bits per heavy atom. The minimum Gasteiger partial charge on any atom is -0.492 e. The zero-order valence-corrected chi connectivity index (χ0v) is 23.2. The number of rotatable bonds is 8. The first kappa shape index (κ1) is 26.7. The van der Waals surface area contributed by atoms with Crippen LogP contribution in [0.1, 0.15) is 18.4 Å². The van der Waals surface area contributed by atoms with Crippen molar-refractivity contribution < 1.29 is 18.6 Å². The van der Waals surface area contributed by atoms with E-state index >= 15 is 0 Å². The van der Waals surface area contributed by atoms with Crippen LogP contribution in [0.2, 0.25) is 5.02 Å². The lowest BCUT2D eigenvalue weighted by atomic mass is 10.1. The topological polar surface area (TPSA) is 96.0 Å². The maximum atomic E-state index is 10.0. The van der Waals surface area contributed by atoms with E-state index in [1.807, 2.05) is 30.3 Å². The second-order valence-corrected chi connectivity index (χ2v) is 10.7. The van der Waals surface area contributed by atoms with Crippen molar-refractivity contribution in [2.45, 2.75) is 18.9 Å². The summed E-state index contributed by atoms with van der Waals surface area (Å²) in [5.41, 5.74) is 2.77. The lowest BCUT2D eigenvalue weighted by Gasteiger charge is -2.32. The zero-order chi connectivity index (χ0) is 27.5. The van der Waals surface area contributed by atoms with Gasteiger partial charge in [-0.3, -0.25) is 9.88 Å². The number of pyridine rings is 1. The number of halogens is 1. The van der Waals surface area contributed by atoms with E-state index in [4.69, 9.17) is 30.2 Å². The summed E-state index contributed by atoms with van der Waals surface area (Å²) in [7, 11) is 2.15. The van der Waals surface area contributed by atoms with Crippen LogP contribution in [-0.2, 0) is 4.74 Å². The molecule has 0 atom stereocenters. The molecule has 40 heavy (non-hydrogen) atoms. The van der Waals surface area contributed by atoms with E-state index in [1.165, 1.54) is 0 Å². The molecule has 10 heteroatoms. The zero-order valence-electron chi connectivity index (χ0n) is 22.5. The number of aromatic nitrogens is 1. The lowest BCUT2D eigenvalue weighted by Crippen LogP contribution is -2.45. The number of furan rings is 1. The monoisotopic (exact) mass is 561 g/mol. The van der Waals surface area contributed by atoms with Gasteiger partial charge in [0, 0.05) is 69.3 Å². The van der Waals surface area contributed by atoms with Crippen LogP contribution in [0.15, 0.2) is 47.2 Å². The predicted molar refractivity (Wildman–Crippen MR) is 155 cm³/mol. The first-order chi connectivity index (χ1) is 19.6. The number of fused-ring (bicyclic) bond motifs is 2. The molecule has 2 aromatic heterocycles. The molecule has 4 heterocycles. The highest BCUT2D eigenvalue weighted by molar-refractivity contribution is 6.35. The summed E-state index contributed by atoms with van der Waals surface area (Å²) in [6.07, 6.45) is 4.72. The third-order valence-electron chi connectivity index (χ3n) is 7.58. The molecule has 1 N–H and O–H groups in total. The number of nitriles is 1. The molecule has 0 amide bonds. The minimum atomic E-state index is -0.0202. The maximum absolute atomic E-state index is 10.0. The van der Waals surface area contributed by atoms with Crippen LogP contribution in [0.3, 0.4) is 0 Å². The summed E-state index contributed by atoms with van der Waals surface area (Å²) in [6.45, 7) is 6.90. The SMILES string of the molecule is CN1CCN(CCOc2cc(OC3CCOCC3)c3c(Nc4c(Cl)ccc5ccoc45)c(C#N)cnc3c2)CC1. The standard InChI is InChI=1S/C30H32ClN5O4/c1-35-7-9-36(10-8-35)11-15-38-23-16-25-27(26(17-23)40-22-5-12-37-13-6-22)28(21(18-32)19-33-25)34-29-24(31)3-2-20-4-14-39-30(20)29/h2-4,14,16-17,19,22H,5-13,15H2,1H3,(H,33,34). The number of anilines is 2. The molecule has 2 saturated heterocycles. The molecule has 2 fully saturated rings. The number of benzene rings is 2. The molecular formula is C30H32ClN5O4. The van der Waals surface area contributed by atoms with Gasteiger partial charge in [0.15, 0.2) is 5.58 Å². The van der Waals surface area contributed by atoms with Crippen molar-refractivity contribution in [2.75, 3.05) is 64.9 Å². The van der Waals surface area contributed by atoms with E-state index in [0.717, 1.165) is 51.0 Å². The molecule has 2 aromatic carbocycles. The summed E-state index contributed by atoms with van der Waals surface area (Å²) in [6, 6.07) is 11.7. The molecule has 0 aliphatic carbocycles.